The van der Waals surface area contributed by atoms with E-state index in [1.54, 1.807) is 13.0 Å². The minimum atomic E-state index is -0.551. The highest BCUT2D eigenvalue weighted by atomic mass is 35.5. The number of amides is 2. The second-order valence-corrected chi connectivity index (χ2v) is 7.92. The largest absolute Gasteiger partial charge is 0.493 e. The Labute approximate surface area is 193 Å². The fourth-order valence-corrected chi connectivity index (χ4v) is 3.97. The van der Waals surface area contributed by atoms with Crippen LogP contribution in [0.15, 0.2) is 41.3 Å². The average molecular weight is 480 g/mol. The predicted octanol–water partition coefficient (Wildman–Crippen LogP) is 4.67. The van der Waals surface area contributed by atoms with Crippen molar-refractivity contribution in [2.45, 2.75) is 13.5 Å². The lowest BCUT2D eigenvalue weighted by molar-refractivity contribution is -0.145. The highest BCUT2D eigenvalue weighted by Crippen LogP contribution is 2.39. The zero-order valence-electron chi connectivity index (χ0n) is 17.2. The topological polar surface area (TPSA) is 82.1 Å². The molecule has 0 saturated carbocycles. The zero-order valence-corrected chi connectivity index (χ0v) is 18.8. The summed E-state index contributed by atoms with van der Waals surface area (Å²) in [5.74, 6) is -1.02. The average Bonchev–Trinajstić information content (AvgIpc) is 3.01. The molecule has 0 atom stereocenters. The maximum atomic E-state index is 13.1. The molecule has 2 amide bonds. The Kier molecular flexibility index (Phi) is 7.76. The normalized spacial score (nSPS) is 14.8. The van der Waals surface area contributed by atoms with E-state index >= 15 is 0 Å². The Hall–Kier alpha value is -3.04. The lowest BCUT2D eigenvalue weighted by Gasteiger charge is -2.13. The molecule has 0 spiro atoms. The van der Waals surface area contributed by atoms with Gasteiger partial charge in [-0.05, 0) is 60.2 Å². The van der Waals surface area contributed by atoms with Crippen LogP contribution in [0.2, 0.25) is 5.02 Å². The van der Waals surface area contributed by atoms with Gasteiger partial charge in [0, 0.05) is 0 Å². The van der Waals surface area contributed by atoms with E-state index in [1.165, 1.54) is 43.5 Å². The molecule has 0 bridgehead atoms. The summed E-state index contributed by atoms with van der Waals surface area (Å²) < 4.78 is 28.6. The summed E-state index contributed by atoms with van der Waals surface area (Å²) in [6.07, 6.45) is 1.51. The van der Waals surface area contributed by atoms with Crippen LogP contribution in [0, 0.1) is 5.82 Å². The summed E-state index contributed by atoms with van der Waals surface area (Å²) in [6.45, 7) is 1.60. The molecule has 0 aliphatic carbocycles. The van der Waals surface area contributed by atoms with Crippen LogP contribution in [0.3, 0.4) is 0 Å². The van der Waals surface area contributed by atoms with Gasteiger partial charge in [-0.2, -0.15) is 0 Å². The first kappa shape index (κ1) is 23.6. The Balaban J connectivity index is 1.79. The number of rotatable bonds is 8. The summed E-state index contributed by atoms with van der Waals surface area (Å²) in [7, 11) is 1.41. The molecule has 1 aliphatic rings. The second-order valence-electron chi connectivity index (χ2n) is 6.52. The number of thioether (sulfide) groups is 1. The van der Waals surface area contributed by atoms with E-state index in [1.807, 2.05) is 0 Å². The molecule has 10 heteroatoms. The molecule has 7 nitrogen and oxygen atoms in total. The molecule has 2 aromatic carbocycles. The Morgan fingerprint density at radius 2 is 1.94 bits per heavy atom. The van der Waals surface area contributed by atoms with Crippen molar-refractivity contribution in [1.29, 1.82) is 0 Å². The first-order valence-electron chi connectivity index (χ1n) is 9.48. The second kappa shape index (κ2) is 10.5. The van der Waals surface area contributed by atoms with Gasteiger partial charge in [-0.15, -0.1) is 0 Å². The number of carbonyl (C=O) groups is 3. The highest BCUT2D eigenvalue weighted by Gasteiger charge is 2.35. The third-order valence-corrected chi connectivity index (χ3v) is 5.50. The summed E-state index contributed by atoms with van der Waals surface area (Å²) >= 11 is 7.08. The van der Waals surface area contributed by atoms with E-state index in [4.69, 9.17) is 25.8 Å². The third-order valence-electron chi connectivity index (χ3n) is 4.32. The number of ether oxygens (including phenoxy) is 3. The number of hydrogen-bond acceptors (Lipinski definition) is 7. The minimum Gasteiger partial charge on any atom is -0.493 e. The van der Waals surface area contributed by atoms with E-state index in [0.29, 0.717) is 11.1 Å². The van der Waals surface area contributed by atoms with Crippen LogP contribution in [0.1, 0.15) is 18.1 Å². The monoisotopic (exact) mass is 479 g/mol. The number of nitrogens with zero attached hydrogens (tertiary/aromatic N) is 1. The van der Waals surface area contributed by atoms with E-state index in [-0.39, 0.29) is 41.2 Å². The summed E-state index contributed by atoms with van der Waals surface area (Å²) in [4.78, 5) is 37.9. The molecular weight excluding hydrogens is 461 g/mol. The van der Waals surface area contributed by atoms with Crippen molar-refractivity contribution in [3.05, 3.63) is 63.3 Å². The Morgan fingerprint density at radius 3 is 2.59 bits per heavy atom. The Bertz CT molecular complexity index is 1070. The van der Waals surface area contributed by atoms with Gasteiger partial charge in [-0.3, -0.25) is 14.5 Å². The molecule has 1 aliphatic heterocycles. The number of hydrogen-bond donors (Lipinski definition) is 0. The quantitative estimate of drug-likeness (QED) is 0.402. The van der Waals surface area contributed by atoms with Crippen molar-refractivity contribution < 1.29 is 33.0 Å². The van der Waals surface area contributed by atoms with Crippen molar-refractivity contribution in [3.8, 4) is 11.5 Å². The standard InChI is InChI=1S/C22H19ClFNO6S/c1-3-30-19(26)12-31-20-16(23)8-14(9-17(20)29-2)10-18-21(27)25(22(28)32-18)11-13-4-6-15(24)7-5-13/h4-10H,3,11-12H2,1-2H3/b18-10-. The van der Waals surface area contributed by atoms with Gasteiger partial charge in [0.15, 0.2) is 18.1 Å². The van der Waals surface area contributed by atoms with Gasteiger partial charge in [0.05, 0.1) is 30.2 Å². The van der Waals surface area contributed by atoms with E-state index < -0.39 is 22.9 Å². The van der Waals surface area contributed by atoms with Gasteiger partial charge < -0.3 is 14.2 Å². The maximum absolute atomic E-state index is 13.1. The minimum absolute atomic E-state index is 0.0347. The van der Waals surface area contributed by atoms with Crippen LogP contribution in [-0.4, -0.2) is 42.3 Å². The first-order chi connectivity index (χ1) is 15.3. The summed E-state index contributed by atoms with van der Waals surface area (Å²) in [5, 5.41) is -0.275. The molecule has 1 heterocycles. The number of methoxy groups -OCH3 is 1. The maximum Gasteiger partial charge on any atom is 0.344 e. The SMILES string of the molecule is CCOC(=O)COc1c(Cl)cc(/C=C2\SC(=O)N(Cc3ccc(F)cc3)C2=O)cc1OC. The molecule has 0 aromatic heterocycles. The fraction of sp³-hybridized carbons (Fsp3) is 0.227. The van der Waals surface area contributed by atoms with Crippen molar-refractivity contribution in [3.63, 3.8) is 0 Å². The van der Waals surface area contributed by atoms with E-state index in [9.17, 15) is 18.8 Å². The van der Waals surface area contributed by atoms with Crippen LogP contribution in [0.5, 0.6) is 11.5 Å². The molecule has 3 rings (SSSR count). The fourth-order valence-electron chi connectivity index (χ4n) is 2.86. The third kappa shape index (κ3) is 5.60. The Morgan fingerprint density at radius 1 is 1.22 bits per heavy atom. The zero-order chi connectivity index (χ0) is 23.3. The molecule has 0 radical (unpaired) electrons. The number of carbonyl (C=O) groups excluding carboxylic acids is 3. The number of halogens is 2. The highest BCUT2D eigenvalue weighted by molar-refractivity contribution is 8.18. The van der Waals surface area contributed by atoms with E-state index in [2.05, 4.69) is 0 Å². The van der Waals surface area contributed by atoms with Crippen molar-refractivity contribution in [2.75, 3.05) is 20.3 Å². The van der Waals surface area contributed by atoms with Gasteiger partial charge in [-0.1, -0.05) is 23.7 Å². The number of imide groups is 1. The van der Waals surface area contributed by atoms with Gasteiger partial charge in [0.2, 0.25) is 0 Å². The molecule has 1 saturated heterocycles. The van der Waals surface area contributed by atoms with Gasteiger partial charge in [0.1, 0.15) is 5.82 Å². The van der Waals surface area contributed by atoms with Gasteiger partial charge in [-0.25, -0.2) is 9.18 Å². The van der Waals surface area contributed by atoms with Crippen molar-refractivity contribution in [2.24, 2.45) is 0 Å². The van der Waals surface area contributed by atoms with Crippen molar-refractivity contribution in [1.82, 2.24) is 4.90 Å². The molecule has 2 aromatic rings. The molecule has 1 fully saturated rings. The van der Waals surface area contributed by atoms with Gasteiger partial charge >= 0.3 is 5.97 Å². The number of esters is 1. The summed E-state index contributed by atoms with van der Waals surface area (Å²) in [5.41, 5.74) is 1.13. The summed E-state index contributed by atoms with van der Waals surface area (Å²) in [6, 6.07) is 8.66. The lowest BCUT2D eigenvalue weighted by atomic mass is 10.1. The van der Waals surface area contributed by atoms with Gasteiger partial charge in [0.25, 0.3) is 11.1 Å². The molecule has 32 heavy (non-hydrogen) atoms. The van der Waals surface area contributed by atoms with Crippen LogP contribution in [0.4, 0.5) is 9.18 Å². The van der Waals surface area contributed by atoms with E-state index in [0.717, 1.165) is 16.7 Å². The van der Waals surface area contributed by atoms with Crippen LogP contribution < -0.4 is 9.47 Å². The van der Waals surface area contributed by atoms with Crippen LogP contribution in [0.25, 0.3) is 6.08 Å². The van der Waals surface area contributed by atoms with Crippen molar-refractivity contribution >= 4 is 46.6 Å². The molecular formula is C22H19ClFNO6S. The van der Waals surface area contributed by atoms with Crippen LogP contribution in [-0.2, 0) is 20.9 Å². The predicted molar refractivity (Wildman–Crippen MR) is 118 cm³/mol. The lowest BCUT2D eigenvalue weighted by Crippen LogP contribution is -2.27. The first-order valence-corrected chi connectivity index (χ1v) is 10.7. The molecule has 0 N–H and O–H groups in total. The molecule has 0 unspecified atom stereocenters. The smallest absolute Gasteiger partial charge is 0.344 e. The number of benzene rings is 2. The van der Waals surface area contributed by atoms with Crippen LogP contribution >= 0.6 is 23.4 Å². The molecule has 168 valence electrons.